The molecule has 4 heterocycles. The van der Waals surface area contributed by atoms with Crippen molar-refractivity contribution in [1.29, 1.82) is 0 Å². The van der Waals surface area contributed by atoms with Crippen molar-refractivity contribution in [3.8, 4) is 17.1 Å². The van der Waals surface area contributed by atoms with Gasteiger partial charge in [-0.1, -0.05) is 6.07 Å². The molecule has 0 spiro atoms. The topological polar surface area (TPSA) is 107 Å². The van der Waals surface area contributed by atoms with Crippen molar-refractivity contribution in [2.75, 3.05) is 7.11 Å². The number of furan rings is 2. The number of ether oxygens (including phenoxy) is 1. The number of aromatic nitrogens is 1. The predicted octanol–water partition coefficient (Wildman–Crippen LogP) is 5.02. The molecule has 34 heavy (non-hydrogen) atoms. The van der Waals surface area contributed by atoms with Crippen LogP contribution in [0.5, 0.6) is 5.75 Å². The van der Waals surface area contributed by atoms with Crippen molar-refractivity contribution in [2.45, 2.75) is 18.6 Å². The van der Waals surface area contributed by atoms with E-state index in [1.54, 1.807) is 18.5 Å². The Morgan fingerprint density at radius 2 is 2.09 bits per heavy atom. The summed E-state index contributed by atoms with van der Waals surface area (Å²) in [5.74, 6) is 2.30. The molecule has 1 fully saturated rings. The molecule has 1 saturated heterocycles. The highest BCUT2D eigenvalue weighted by Crippen LogP contribution is 2.42. The maximum Gasteiger partial charge on any atom is 0.273 e. The number of hydrogen-bond acceptors (Lipinski definition) is 7. The second-order valence-corrected chi connectivity index (χ2v) is 8.06. The van der Waals surface area contributed by atoms with E-state index in [9.17, 15) is 10.1 Å². The van der Waals surface area contributed by atoms with E-state index in [1.807, 2.05) is 47.4 Å². The molecule has 1 aliphatic heterocycles. The van der Waals surface area contributed by atoms with Gasteiger partial charge in [-0.15, -0.1) is 0 Å². The average molecular weight is 477 g/mol. The second kappa shape index (κ2) is 8.99. The molecular formula is C24H20N4O5S. The van der Waals surface area contributed by atoms with Crippen LogP contribution in [0.25, 0.3) is 11.3 Å². The Balaban J connectivity index is 1.54. The molecule has 3 aromatic heterocycles. The molecule has 4 aromatic rings. The minimum atomic E-state index is -0.463. The van der Waals surface area contributed by atoms with E-state index in [1.165, 1.54) is 19.2 Å². The molecule has 1 aliphatic rings. The van der Waals surface area contributed by atoms with E-state index < -0.39 is 4.92 Å². The predicted molar refractivity (Wildman–Crippen MR) is 127 cm³/mol. The highest BCUT2D eigenvalue weighted by molar-refractivity contribution is 7.80. The largest absolute Gasteiger partial charge is 0.496 e. The van der Waals surface area contributed by atoms with Gasteiger partial charge in [0.2, 0.25) is 0 Å². The summed E-state index contributed by atoms with van der Waals surface area (Å²) < 4.78 is 17.2. The van der Waals surface area contributed by atoms with Gasteiger partial charge in [-0.2, -0.15) is 0 Å². The van der Waals surface area contributed by atoms with Crippen molar-refractivity contribution >= 4 is 23.0 Å². The monoisotopic (exact) mass is 476 g/mol. The zero-order valence-corrected chi connectivity index (χ0v) is 18.9. The Hall–Kier alpha value is -4.18. The molecule has 0 amide bonds. The van der Waals surface area contributed by atoms with E-state index in [0.29, 0.717) is 34.5 Å². The van der Waals surface area contributed by atoms with E-state index in [0.717, 1.165) is 11.5 Å². The van der Waals surface area contributed by atoms with Crippen LogP contribution in [0.1, 0.15) is 29.3 Å². The first-order valence-electron chi connectivity index (χ1n) is 10.5. The highest BCUT2D eigenvalue weighted by Gasteiger charge is 2.42. The smallest absolute Gasteiger partial charge is 0.273 e. The molecule has 1 N–H and O–H groups in total. The fraction of sp³-hybridized carbons (Fsp3) is 0.167. The summed E-state index contributed by atoms with van der Waals surface area (Å²) in [7, 11) is 1.47. The van der Waals surface area contributed by atoms with Crippen molar-refractivity contribution in [3.63, 3.8) is 0 Å². The first kappa shape index (κ1) is 21.7. The third-order valence-corrected chi connectivity index (χ3v) is 6.04. The van der Waals surface area contributed by atoms with Crippen LogP contribution in [-0.2, 0) is 6.54 Å². The van der Waals surface area contributed by atoms with Crippen LogP contribution in [0.3, 0.4) is 0 Å². The minimum Gasteiger partial charge on any atom is -0.496 e. The Bertz CT molecular complexity index is 1320. The van der Waals surface area contributed by atoms with Gasteiger partial charge in [-0.25, -0.2) is 0 Å². The Kier molecular flexibility index (Phi) is 5.72. The molecule has 0 radical (unpaired) electrons. The van der Waals surface area contributed by atoms with Crippen LogP contribution >= 0.6 is 12.2 Å². The van der Waals surface area contributed by atoms with Gasteiger partial charge in [0, 0.05) is 12.3 Å². The maximum atomic E-state index is 11.2. The van der Waals surface area contributed by atoms with Crippen molar-refractivity contribution in [2.24, 2.45) is 0 Å². The van der Waals surface area contributed by atoms with Gasteiger partial charge in [0.25, 0.3) is 5.69 Å². The number of rotatable bonds is 7. The molecule has 0 saturated carbocycles. The third kappa shape index (κ3) is 3.99. The van der Waals surface area contributed by atoms with Crippen LogP contribution < -0.4 is 10.1 Å². The van der Waals surface area contributed by atoms with Gasteiger partial charge in [0.15, 0.2) is 5.11 Å². The van der Waals surface area contributed by atoms with Crippen LogP contribution in [-0.4, -0.2) is 27.0 Å². The van der Waals surface area contributed by atoms with Gasteiger partial charge in [0.1, 0.15) is 29.1 Å². The SMILES string of the molecule is COc1cc([N+](=O)[O-])ccc1-c1ccc(C2C(c3ccccn3)NC(=S)N2Cc2ccco2)o1. The summed E-state index contributed by atoms with van der Waals surface area (Å²) in [5, 5.41) is 15.1. The van der Waals surface area contributed by atoms with Crippen LogP contribution in [0.15, 0.2) is 82.0 Å². The molecule has 0 bridgehead atoms. The average Bonchev–Trinajstić information content (AvgIpc) is 3.61. The van der Waals surface area contributed by atoms with Crippen LogP contribution in [0, 0.1) is 10.1 Å². The summed E-state index contributed by atoms with van der Waals surface area (Å²) >= 11 is 5.67. The van der Waals surface area contributed by atoms with Crippen molar-refractivity contribution < 1.29 is 18.5 Å². The number of nitro groups is 1. The summed E-state index contributed by atoms with van der Waals surface area (Å²) in [6, 6.07) is 17.0. The molecule has 9 nitrogen and oxygen atoms in total. The lowest BCUT2D eigenvalue weighted by atomic mass is 10.0. The molecule has 10 heteroatoms. The molecule has 5 rings (SSSR count). The van der Waals surface area contributed by atoms with E-state index >= 15 is 0 Å². The number of nitro benzene ring substituents is 1. The van der Waals surface area contributed by atoms with Crippen molar-refractivity contribution in [1.82, 2.24) is 15.2 Å². The summed E-state index contributed by atoms with van der Waals surface area (Å²) in [5.41, 5.74) is 1.38. The fourth-order valence-electron chi connectivity index (χ4n) is 4.11. The van der Waals surface area contributed by atoms with E-state index in [4.69, 9.17) is 25.8 Å². The Labute approximate surface area is 200 Å². The number of nitrogens with zero attached hydrogens (tertiary/aromatic N) is 3. The van der Waals surface area contributed by atoms with Gasteiger partial charge in [-0.05, 0) is 54.7 Å². The summed E-state index contributed by atoms with van der Waals surface area (Å²) in [4.78, 5) is 17.2. The quantitative estimate of drug-likeness (QED) is 0.223. The van der Waals surface area contributed by atoms with Crippen molar-refractivity contribution in [3.05, 3.63) is 100 Å². The molecule has 1 aromatic carbocycles. The number of thiocarbonyl (C=S) groups is 1. The van der Waals surface area contributed by atoms with E-state index in [-0.39, 0.29) is 17.8 Å². The molecular weight excluding hydrogens is 456 g/mol. The second-order valence-electron chi connectivity index (χ2n) is 7.68. The number of non-ortho nitro benzene ring substituents is 1. The Morgan fingerprint density at radius 1 is 1.21 bits per heavy atom. The zero-order valence-electron chi connectivity index (χ0n) is 18.1. The third-order valence-electron chi connectivity index (χ3n) is 5.68. The number of pyridine rings is 1. The number of hydrogen-bond donors (Lipinski definition) is 1. The fourth-order valence-corrected chi connectivity index (χ4v) is 4.41. The number of methoxy groups -OCH3 is 1. The van der Waals surface area contributed by atoms with Gasteiger partial charge in [-0.3, -0.25) is 15.1 Å². The maximum absolute atomic E-state index is 11.2. The first-order chi connectivity index (χ1) is 16.5. The summed E-state index contributed by atoms with van der Waals surface area (Å²) in [6.45, 7) is 0.448. The molecule has 2 atom stereocenters. The first-order valence-corrected chi connectivity index (χ1v) is 10.9. The standard InChI is InChI=1S/C24H20N4O5S/c1-31-21-13-15(28(29)30)7-8-17(21)19-9-10-20(33-19)23-22(18-6-2-3-11-25-18)26-24(34)27(23)14-16-5-4-12-32-16/h2-13,22-23H,14H2,1H3,(H,26,34). The lowest BCUT2D eigenvalue weighted by Crippen LogP contribution is -2.28. The minimum absolute atomic E-state index is 0.0578. The lowest BCUT2D eigenvalue weighted by molar-refractivity contribution is -0.384. The normalized spacial score (nSPS) is 17.6. The van der Waals surface area contributed by atoms with E-state index in [2.05, 4.69) is 10.3 Å². The molecule has 2 unspecified atom stereocenters. The van der Waals surface area contributed by atoms with Gasteiger partial charge >= 0.3 is 0 Å². The number of benzene rings is 1. The van der Waals surface area contributed by atoms with Gasteiger partial charge in [0.05, 0.1) is 48.2 Å². The molecule has 0 aliphatic carbocycles. The lowest BCUT2D eigenvalue weighted by Gasteiger charge is -2.25. The summed E-state index contributed by atoms with van der Waals surface area (Å²) in [6.07, 6.45) is 3.36. The molecule has 172 valence electrons. The van der Waals surface area contributed by atoms with Gasteiger partial charge < -0.3 is 23.8 Å². The van der Waals surface area contributed by atoms with Crippen LogP contribution in [0.4, 0.5) is 5.69 Å². The Morgan fingerprint density at radius 3 is 2.79 bits per heavy atom. The van der Waals surface area contributed by atoms with Crippen LogP contribution in [0.2, 0.25) is 0 Å². The zero-order chi connectivity index (χ0) is 23.7. The number of nitrogens with one attached hydrogen (secondary N) is 1. The highest BCUT2D eigenvalue weighted by atomic mass is 32.1.